The molecule has 1 amide bonds. The fourth-order valence-electron chi connectivity index (χ4n) is 3.50. The fraction of sp³-hybridized carbons (Fsp3) is 0.286. The Morgan fingerprint density at radius 2 is 1.96 bits per heavy atom. The predicted molar refractivity (Wildman–Crippen MR) is 107 cm³/mol. The van der Waals surface area contributed by atoms with Crippen LogP contribution in [0, 0.1) is 12.7 Å². The van der Waals surface area contributed by atoms with Crippen molar-refractivity contribution in [2.24, 2.45) is 7.05 Å². The number of aromatic nitrogens is 2. The number of aryl methyl sites for hydroxylation is 1. The largest absolute Gasteiger partial charge is 0.339 e. The van der Waals surface area contributed by atoms with E-state index in [1.165, 1.54) is 28.0 Å². The minimum atomic E-state index is -0.568. The van der Waals surface area contributed by atoms with E-state index in [-0.39, 0.29) is 17.3 Å². The molecule has 0 unspecified atom stereocenters. The molecule has 0 spiro atoms. The molecule has 28 heavy (non-hydrogen) atoms. The number of nitrogens with zero attached hydrogens (tertiary/aromatic N) is 2. The summed E-state index contributed by atoms with van der Waals surface area (Å²) >= 11 is 1.48. The van der Waals surface area contributed by atoms with Gasteiger partial charge in [0.1, 0.15) is 16.5 Å². The van der Waals surface area contributed by atoms with Crippen molar-refractivity contribution >= 4 is 17.2 Å². The molecule has 0 saturated heterocycles. The van der Waals surface area contributed by atoms with Crippen molar-refractivity contribution in [2.75, 3.05) is 0 Å². The third kappa shape index (κ3) is 3.05. The molecule has 1 aliphatic rings. The summed E-state index contributed by atoms with van der Waals surface area (Å²) in [6, 6.07) is 11.2. The Hall–Kier alpha value is -2.80. The third-order valence-corrected chi connectivity index (χ3v) is 6.49. The molecule has 2 heterocycles. The number of hydrogen-bond acceptors (Lipinski definition) is 4. The quantitative estimate of drug-likeness (QED) is 0.729. The normalized spacial score (nSPS) is 15.1. The summed E-state index contributed by atoms with van der Waals surface area (Å²) in [5, 5.41) is 3.87. The first-order valence-corrected chi connectivity index (χ1v) is 9.94. The second-order valence-corrected chi connectivity index (χ2v) is 8.30. The van der Waals surface area contributed by atoms with Crippen molar-refractivity contribution in [3.63, 3.8) is 0 Å². The molecule has 0 radical (unpaired) electrons. The molecule has 0 bridgehead atoms. The Morgan fingerprint density at radius 3 is 2.64 bits per heavy atom. The Balaban J connectivity index is 1.68. The van der Waals surface area contributed by atoms with Crippen molar-refractivity contribution < 1.29 is 9.18 Å². The minimum absolute atomic E-state index is 0.234. The molecular weight excluding hydrogens is 377 g/mol. The van der Waals surface area contributed by atoms with Gasteiger partial charge in [-0.1, -0.05) is 18.2 Å². The maximum Gasteiger partial charge on any atom is 0.268 e. The van der Waals surface area contributed by atoms with E-state index in [4.69, 9.17) is 4.98 Å². The lowest BCUT2D eigenvalue weighted by molar-refractivity contribution is 0.0813. The highest BCUT2D eigenvalue weighted by Crippen LogP contribution is 2.45. The maximum absolute atomic E-state index is 14.2. The van der Waals surface area contributed by atoms with Crippen LogP contribution in [0.25, 0.3) is 11.3 Å². The molecule has 1 fully saturated rings. The highest BCUT2D eigenvalue weighted by molar-refractivity contribution is 7.12. The number of rotatable bonds is 4. The van der Waals surface area contributed by atoms with Gasteiger partial charge in [-0.3, -0.25) is 9.59 Å². The van der Waals surface area contributed by atoms with E-state index in [9.17, 15) is 14.0 Å². The van der Waals surface area contributed by atoms with E-state index in [1.54, 1.807) is 37.4 Å². The molecule has 1 aromatic carbocycles. The van der Waals surface area contributed by atoms with Crippen LogP contribution in [-0.2, 0) is 12.6 Å². The SMILES string of the molecule is Cc1sc(C2(NC(=O)c3cccc(=O)n3C)CCC2)nc1-c1ccccc1F. The van der Waals surface area contributed by atoms with Gasteiger partial charge in [0.15, 0.2) is 0 Å². The molecule has 144 valence electrons. The maximum atomic E-state index is 14.2. The zero-order valence-electron chi connectivity index (χ0n) is 15.7. The molecule has 2 aromatic heterocycles. The second kappa shape index (κ2) is 6.98. The summed E-state index contributed by atoms with van der Waals surface area (Å²) in [7, 11) is 1.58. The fourth-order valence-corrected chi connectivity index (χ4v) is 4.63. The lowest BCUT2D eigenvalue weighted by Gasteiger charge is -2.40. The van der Waals surface area contributed by atoms with Crippen LogP contribution < -0.4 is 10.9 Å². The Morgan fingerprint density at radius 1 is 1.21 bits per heavy atom. The van der Waals surface area contributed by atoms with Gasteiger partial charge in [0.05, 0.1) is 11.2 Å². The van der Waals surface area contributed by atoms with Gasteiger partial charge >= 0.3 is 0 Å². The molecule has 0 atom stereocenters. The first kappa shape index (κ1) is 18.6. The Kier molecular flexibility index (Phi) is 4.63. The van der Waals surface area contributed by atoms with Gasteiger partial charge in [0.25, 0.3) is 11.5 Å². The van der Waals surface area contributed by atoms with Gasteiger partial charge in [0.2, 0.25) is 0 Å². The van der Waals surface area contributed by atoms with E-state index in [1.807, 2.05) is 6.92 Å². The molecule has 5 nitrogen and oxygen atoms in total. The Bertz CT molecular complexity index is 1110. The Labute approximate surface area is 165 Å². The van der Waals surface area contributed by atoms with Crippen molar-refractivity contribution in [3.8, 4) is 11.3 Å². The lowest BCUT2D eigenvalue weighted by atomic mass is 9.77. The number of pyridine rings is 1. The van der Waals surface area contributed by atoms with Crippen LogP contribution in [0.3, 0.4) is 0 Å². The van der Waals surface area contributed by atoms with E-state index in [0.717, 1.165) is 29.1 Å². The van der Waals surface area contributed by atoms with E-state index in [2.05, 4.69) is 5.32 Å². The molecular formula is C21H20FN3O2S. The van der Waals surface area contributed by atoms with E-state index < -0.39 is 5.54 Å². The summed E-state index contributed by atoms with van der Waals surface area (Å²) < 4.78 is 15.6. The van der Waals surface area contributed by atoms with E-state index >= 15 is 0 Å². The van der Waals surface area contributed by atoms with Crippen LogP contribution in [0.4, 0.5) is 4.39 Å². The standard InChI is InChI=1S/C21H20FN3O2S/c1-13-18(14-7-3-4-8-15(14)22)23-20(28-13)21(11-6-12-21)24-19(27)16-9-5-10-17(26)25(16)2/h3-5,7-10H,6,11-12H2,1-2H3,(H,24,27). The van der Waals surface area contributed by atoms with Crippen molar-refractivity contribution in [2.45, 2.75) is 31.7 Å². The number of thiazole rings is 1. The van der Waals surface area contributed by atoms with E-state index in [0.29, 0.717) is 17.0 Å². The number of nitrogens with one attached hydrogen (secondary N) is 1. The number of hydrogen-bond donors (Lipinski definition) is 1. The topological polar surface area (TPSA) is 64.0 Å². The van der Waals surface area contributed by atoms with Crippen molar-refractivity contribution in [1.29, 1.82) is 0 Å². The van der Waals surface area contributed by atoms with Crippen LogP contribution in [-0.4, -0.2) is 15.5 Å². The van der Waals surface area contributed by atoms with Crippen LogP contribution in [0.15, 0.2) is 47.3 Å². The first-order chi connectivity index (χ1) is 13.4. The summed E-state index contributed by atoms with van der Waals surface area (Å²) in [6.45, 7) is 1.91. The van der Waals surface area contributed by atoms with Crippen LogP contribution >= 0.6 is 11.3 Å². The average molecular weight is 397 g/mol. The second-order valence-electron chi connectivity index (χ2n) is 7.10. The number of halogens is 1. The highest BCUT2D eigenvalue weighted by Gasteiger charge is 2.43. The average Bonchev–Trinajstić information content (AvgIpc) is 3.02. The van der Waals surface area contributed by atoms with Gasteiger partial charge in [-0.05, 0) is 44.4 Å². The van der Waals surface area contributed by atoms with Gasteiger partial charge in [-0.25, -0.2) is 9.37 Å². The minimum Gasteiger partial charge on any atom is -0.339 e. The molecule has 1 N–H and O–H groups in total. The smallest absolute Gasteiger partial charge is 0.268 e. The van der Waals surface area contributed by atoms with Crippen LogP contribution in [0.5, 0.6) is 0 Å². The number of benzene rings is 1. The molecule has 0 aliphatic heterocycles. The highest BCUT2D eigenvalue weighted by atomic mass is 32.1. The number of carbonyl (C=O) groups is 1. The summed E-state index contributed by atoms with van der Waals surface area (Å²) in [4.78, 5) is 30.3. The summed E-state index contributed by atoms with van der Waals surface area (Å²) in [5.74, 6) is -0.617. The van der Waals surface area contributed by atoms with Crippen LogP contribution in [0.2, 0.25) is 0 Å². The third-order valence-electron chi connectivity index (χ3n) is 5.31. The van der Waals surface area contributed by atoms with Crippen molar-refractivity contribution in [3.05, 3.63) is 74.2 Å². The first-order valence-electron chi connectivity index (χ1n) is 9.13. The van der Waals surface area contributed by atoms with Crippen LogP contribution in [0.1, 0.15) is 39.6 Å². The molecule has 7 heteroatoms. The number of amides is 1. The van der Waals surface area contributed by atoms with Gasteiger partial charge in [-0.15, -0.1) is 11.3 Å². The monoisotopic (exact) mass is 397 g/mol. The van der Waals surface area contributed by atoms with Gasteiger partial charge in [-0.2, -0.15) is 0 Å². The predicted octanol–water partition coefficient (Wildman–Crippen LogP) is 3.77. The zero-order valence-corrected chi connectivity index (χ0v) is 16.5. The number of carbonyl (C=O) groups excluding carboxylic acids is 1. The molecule has 4 rings (SSSR count). The molecule has 1 saturated carbocycles. The summed E-state index contributed by atoms with van der Waals surface area (Å²) in [6.07, 6.45) is 2.51. The molecule has 3 aromatic rings. The van der Waals surface area contributed by atoms with Gasteiger partial charge < -0.3 is 9.88 Å². The lowest BCUT2D eigenvalue weighted by Crippen LogP contribution is -2.51. The zero-order chi connectivity index (χ0) is 19.9. The molecule has 1 aliphatic carbocycles. The summed E-state index contributed by atoms with van der Waals surface area (Å²) in [5.41, 5.74) is 0.588. The van der Waals surface area contributed by atoms with Crippen molar-refractivity contribution in [1.82, 2.24) is 14.9 Å². The van der Waals surface area contributed by atoms with Gasteiger partial charge in [0, 0.05) is 23.6 Å².